The molecule has 1 aliphatic heterocycles. The molecule has 0 spiro atoms. The third-order valence-electron chi connectivity index (χ3n) is 6.60. The minimum atomic E-state index is -0.961. The Bertz CT molecular complexity index is 957. The number of carboxylic acids is 1. The van der Waals surface area contributed by atoms with Gasteiger partial charge in [0, 0.05) is 22.0 Å². The molecule has 6 heteroatoms. The summed E-state index contributed by atoms with van der Waals surface area (Å²) in [6.07, 6.45) is 3.25. The largest absolute Gasteiger partial charge is 0.481 e. The molecule has 0 bridgehead atoms. The average Bonchev–Trinajstić information content (AvgIpc) is 2.64. The fourth-order valence-electron chi connectivity index (χ4n) is 4.95. The van der Waals surface area contributed by atoms with Crippen LogP contribution in [0.2, 0.25) is 10.0 Å². The minimum absolute atomic E-state index is 0.0622. The highest BCUT2D eigenvalue weighted by molar-refractivity contribution is 6.30. The Kier molecular flexibility index (Phi) is 5.82. The fraction of sp³-hybridized carbons (Fsp3) is 0.417. The molecule has 3 atom stereocenters. The summed E-state index contributed by atoms with van der Waals surface area (Å²) >= 11 is 12.4. The van der Waals surface area contributed by atoms with Crippen LogP contribution in [0.25, 0.3) is 0 Å². The third-order valence-corrected chi connectivity index (χ3v) is 7.09. The van der Waals surface area contributed by atoms with Gasteiger partial charge in [0.25, 0.3) is 0 Å². The molecule has 2 fully saturated rings. The molecule has 1 saturated carbocycles. The van der Waals surface area contributed by atoms with Crippen LogP contribution in [0.3, 0.4) is 0 Å². The summed E-state index contributed by atoms with van der Waals surface area (Å²) < 4.78 is 0. The van der Waals surface area contributed by atoms with Crippen LogP contribution in [0.1, 0.15) is 62.1 Å². The van der Waals surface area contributed by atoms with Crippen molar-refractivity contribution in [3.05, 3.63) is 69.7 Å². The molecule has 0 radical (unpaired) electrons. The molecule has 1 amide bonds. The van der Waals surface area contributed by atoms with Gasteiger partial charge in [0.15, 0.2) is 0 Å². The van der Waals surface area contributed by atoms with E-state index in [2.05, 4.69) is 0 Å². The second kappa shape index (κ2) is 8.24. The second-order valence-corrected chi connectivity index (χ2v) is 9.66. The van der Waals surface area contributed by atoms with Crippen LogP contribution >= 0.6 is 23.2 Å². The standard InChI is InChI=1S/C24H25Cl2NO3/c1-24(14-21(28)29)13-20(16-4-2-5-18(26)12-16)22(15-8-10-17(25)11-9-15)27(23(24)30)19-6-3-7-19/h2,4-5,8-12,19-20,22H,3,6-7,13-14H2,1H3,(H,28,29). The normalized spacial score (nSPS) is 27.0. The molecule has 2 aliphatic rings. The lowest BCUT2D eigenvalue weighted by atomic mass is 9.66. The number of rotatable bonds is 5. The Hall–Kier alpha value is -2.04. The zero-order valence-corrected chi connectivity index (χ0v) is 18.4. The van der Waals surface area contributed by atoms with Crippen LogP contribution in [0.5, 0.6) is 0 Å². The van der Waals surface area contributed by atoms with Gasteiger partial charge in [-0.15, -0.1) is 0 Å². The number of amides is 1. The van der Waals surface area contributed by atoms with Crippen molar-refractivity contribution in [1.29, 1.82) is 0 Å². The van der Waals surface area contributed by atoms with Crippen molar-refractivity contribution in [2.24, 2.45) is 5.41 Å². The van der Waals surface area contributed by atoms with Crippen LogP contribution in [0.15, 0.2) is 48.5 Å². The van der Waals surface area contributed by atoms with Gasteiger partial charge in [-0.3, -0.25) is 9.59 Å². The van der Waals surface area contributed by atoms with Crippen molar-refractivity contribution in [3.63, 3.8) is 0 Å². The highest BCUT2D eigenvalue weighted by Crippen LogP contribution is 2.53. The number of hydrogen-bond acceptors (Lipinski definition) is 2. The molecular weight excluding hydrogens is 421 g/mol. The van der Waals surface area contributed by atoms with Crippen molar-refractivity contribution >= 4 is 35.1 Å². The first kappa shape index (κ1) is 21.2. The van der Waals surface area contributed by atoms with E-state index in [1.54, 1.807) is 6.92 Å². The molecule has 2 aromatic carbocycles. The molecule has 158 valence electrons. The smallest absolute Gasteiger partial charge is 0.304 e. The molecule has 0 aromatic heterocycles. The quantitative estimate of drug-likeness (QED) is 0.605. The Morgan fingerprint density at radius 3 is 2.37 bits per heavy atom. The highest BCUT2D eigenvalue weighted by atomic mass is 35.5. The Morgan fingerprint density at radius 1 is 1.10 bits per heavy atom. The molecule has 3 unspecified atom stereocenters. The van der Waals surface area contributed by atoms with E-state index in [1.807, 2.05) is 53.4 Å². The number of hydrogen-bond donors (Lipinski definition) is 1. The van der Waals surface area contributed by atoms with E-state index in [4.69, 9.17) is 23.2 Å². The number of nitrogens with zero attached hydrogens (tertiary/aromatic N) is 1. The lowest BCUT2D eigenvalue weighted by Crippen LogP contribution is -2.57. The van der Waals surface area contributed by atoms with E-state index in [0.717, 1.165) is 30.4 Å². The van der Waals surface area contributed by atoms with E-state index < -0.39 is 11.4 Å². The maximum Gasteiger partial charge on any atom is 0.304 e. The molecule has 1 heterocycles. The number of benzene rings is 2. The molecule has 1 saturated heterocycles. The molecular formula is C24H25Cl2NO3. The van der Waals surface area contributed by atoms with Gasteiger partial charge in [0.05, 0.1) is 17.9 Å². The number of aliphatic carboxylic acids is 1. The van der Waals surface area contributed by atoms with Crippen molar-refractivity contribution in [3.8, 4) is 0 Å². The molecule has 1 aliphatic carbocycles. The number of carbonyl (C=O) groups excluding carboxylic acids is 1. The van der Waals surface area contributed by atoms with Gasteiger partial charge >= 0.3 is 5.97 Å². The first-order chi connectivity index (χ1) is 14.3. The fourth-order valence-corrected chi connectivity index (χ4v) is 5.27. The Labute approximate surface area is 186 Å². The molecule has 1 N–H and O–H groups in total. The van der Waals surface area contributed by atoms with Crippen LogP contribution in [-0.4, -0.2) is 27.9 Å². The van der Waals surface area contributed by atoms with Gasteiger partial charge in [0.1, 0.15) is 0 Å². The van der Waals surface area contributed by atoms with Crippen LogP contribution < -0.4 is 0 Å². The summed E-state index contributed by atoms with van der Waals surface area (Å²) in [7, 11) is 0. The van der Waals surface area contributed by atoms with Crippen LogP contribution in [0.4, 0.5) is 0 Å². The van der Waals surface area contributed by atoms with Gasteiger partial charge in [0.2, 0.25) is 5.91 Å². The number of carboxylic acid groups (broad SMARTS) is 1. The number of likely N-dealkylation sites (tertiary alicyclic amines) is 1. The van der Waals surface area contributed by atoms with Crippen LogP contribution in [-0.2, 0) is 9.59 Å². The predicted octanol–water partition coefficient (Wildman–Crippen LogP) is 6.08. The number of halogens is 2. The lowest BCUT2D eigenvalue weighted by Gasteiger charge is -2.53. The number of carbonyl (C=O) groups is 2. The van der Waals surface area contributed by atoms with Crippen molar-refractivity contribution in [2.45, 2.75) is 57.0 Å². The maximum atomic E-state index is 13.7. The molecule has 4 nitrogen and oxygen atoms in total. The summed E-state index contributed by atoms with van der Waals surface area (Å²) in [6, 6.07) is 15.3. The summed E-state index contributed by atoms with van der Waals surface area (Å²) in [5.74, 6) is -1.07. The van der Waals surface area contributed by atoms with E-state index >= 15 is 0 Å². The van der Waals surface area contributed by atoms with Gasteiger partial charge < -0.3 is 10.0 Å². The van der Waals surface area contributed by atoms with E-state index in [-0.39, 0.29) is 30.3 Å². The second-order valence-electron chi connectivity index (χ2n) is 8.79. The Balaban J connectivity index is 1.86. The number of piperidine rings is 1. The SMILES string of the molecule is CC1(CC(=O)O)CC(c2cccc(Cl)c2)C(c2ccc(Cl)cc2)N(C2CCC2)C1=O. The molecule has 30 heavy (non-hydrogen) atoms. The van der Waals surface area contributed by atoms with Gasteiger partial charge in [-0.1, -0.05) is 54.4 Å². The molecule has 4 rings (SSSR count). The average molecular weight is 446 g/mol. The van der Waals surface area contributed by atoms with Gasteiger partial charge in [-0.25, -0.2) is 0 Å². The minimum Gasteiger partial charge on any atom is -0.481 e. The van der Waals surface area contributed by atoms with Gasteiger partial charge in [-0.2, -0.15) is 0 Å². The van der Waals surface area contributed by atoms with E-state index in [0.29, 0.717) is 16.5 Å². The van der Waals surface area contributed by atoms with E-state index in [9.17, 15) is 14.7 Å². The summed E-state index contributed by atoms with van der Waals surface area (Å²) in [5, 5.41) is 10.8. The van der Waals surface area contributed by atoms with Gasteiger partial charge in [-0.05, 0) is 61.1 Å². The van der Waals surface area contributed by atoms with E-state index in [1.165, 1.54) is 0 Å². The van der Waals surface area contributed by atoms with Crippen molar-refractivity contribution in [2.75, 3.05) is 0 Å². The highest BCUT2D eigenvalue weighted by Gasteiger charge is 2.53. The summed E-state index contributed by atoms with van der Waals surface area (Å²) in [5.41, 5.74) is 1.08. The first-order valence-corrected chi connectivity index (χ1v) is 11.1. The van der Waals surface area contributed by atoms with Crippen LogP contribution in [0, 0.1) is 5.41 Å². The van der Waals surface area contributed by atoms with Crippen molar-refractivity contribution in [1.82, 2.24) is 4.90 Å². The Morgan fingerprint density at radius 2 is 1.80 bits per heavy atom. The maximum absolute atomic E-state index is 13.7. The zero-order chi connectivity index (χ0) is 21.5. The summed E-state index contributed by atoms with van der Waals surface area (Å²) in [4.78, 5) is 27.4. The zero-order valence-electron chi connectivity index (χ0n) is 16.9. The molecule has 2 aromatic rings. The summed E-state index contributed by atoms with van der Waals surface area (Å²) in [6.45, 7) is 1.80. The topological polar surface area (TPSA) is 57.6 Å². The lowest BCUT2D eigenvalue weighted by molar-refractivity contribution is -0.162. The monoisotopic (exact) mass is 445 g/mol. The predicted molar refractivity (Wildman–Crippen MR) is 118 cm³/mol. The third kappa shape index (κ3) is 3.95. The van der Waals surface area contributed by atoms with Crippen molar-refractivity contribution < 1.29 is 14.7 Å². The first-order valence-electron chi connectivity index (χ1n) is 10.3.